The van der Waals surface area contributed by atoms with Gasteiger partial charge in [0.15, 0.2) is 0 Å². The number of rotatable bonds is 5. The van der Waals surface area contributed by atoms with Gasteiger partial charge in [-0.25, -0.2) is 4.79 Å². The lowest BCUT2D eigenvalue weighted by molar-refractivity contribution is -0.137. The second kappa shape index (κ2) is 6.96. The summed E-state index contributed by atoms with van der Waals surface area (Å²) < 4.78 is 35.7. The van der Waals surface area contributed by atoms with Gasteiger partial charge in [-0.2, -0.15) is 13.2 Å². The minimum atomic E-state index is -4.46. The molecule has 0 aromatic heterocycles. The molecule has 8 heteroatoms. The maximum absolute atomic E-state index is 11.9. The topological polar surface area (TPSA) is 78.4 Å². The van der Waals surface area contributed by atoms with E-state index in [2.05, 4.69) is 5.32 Å². The summed E-state index contributed by atoms with van der Waals surface area (Å²) in [6.45, 7) is 0.332. The van der Waals surface area contributed by atoms with E-state index in [4.69, 9.17) is 5.11 Å². The monoisotopic (exact) mass is 304 g/mol. The van der Waals surface area contributed by atoms with Crippen molar-refractivity contribution in [2.75, 3.05) is 11.9 Å². The van der Waals surface area contributed by atoms with E-state index in [1.807, 2.05) is 0 Å². The largest absolute Gasteiger partial charge is 0.481 e. The molecule has 2 amide bonds. The van der Waals surface area contributed by atoms with Gasteiger partial charge < -0.3 is 15.7 Å². The molecule has 1 aromatic rings. The predicted molar refractivity (Wildman–Crippen MR) is 70.2 cm³/mol. The van der Waals surface area contributed by atoms with Gasteiger partial charge >= 0.3 is 18.2 Å². The zero-order valence-electron chi connectivity index (χ0n) is 11.2. The van der Waals surface area contributed by atoms with E-state index in [0.29, 0.717) is 5.69 Å². The number of carboxylic acid groups (broad SMARTS) is 1. The first kappa shape index (κ1) is 16.8. The molecule has 3 N–H and O–H groups in total. The van der Waals surface area contributed by atoms with Crippen LogP contribution in [0.1, 0.15) is 24.8 Å². The number of carboxylic acids is 1. The number of amides is 2. The molecule has 0 saturated heterocycles. The number of urea groups is 1. The van der Waals surface area contributed by atoms with E-state index < -0.39 is 24.7 Å². The van der Waals surface area contributed by atoms with Crippen molar-refractivity contribution < 1.29 is 27.9 Å². The summed E-state index contributed by atoms with van der Waals surface area (Å²) in [6, 6.07) is 5.28. The third-order valence-electron chi connectivity index (χ3n) is 2.67. The molecule has 0 aliphatic heterocycles. The third kappa shape index (κ3) is 6.64. The molecule has 0 radical (unpaired) electrons. The first-order chi connectivity index (χ1) is 9.67. The van der Waals surface area contributed by atoms with Crippen LogP contribution in [0.4, 0.5) is 23.7 Å². The van der Waals surface area contributed by atoms with E-state index in [1.54, 1.807) is 24.4 Å². The maximum atomic E-state index is 11.9. The number of hydrogen-bond acceptors (Lipinski definition) is 2. The lowest BCUT2D eigenvalue weighted by Crippen LogP contribution is -2.36. The molecule has 21 heavy (non-hydrogen) atoms. The highest BCUT2D eigenvalue weighted by Crippen LogP contribution is 2.21. The number of carbonyl (C=O) groups excluding carboxylic acids is 1. The van der Waals surface area contributed by atoms with E-state index in [9.17, 15) is 22.8 Å². The highest BCUT2D eigenvalue weighted by Gasteiger charge is 2.27. The zero-order chi connectivity index (χ0) is 16.0. The molecule has 0 heterocycles. The van der Waals surface area contributed by atoms with Gasteiger partial charge in [0.05, 0.1) is 6.42 Å². The van der Waals surface area contributed by atoms with Crippen LogP contribution >= 0.6 is 0 Å². The number of halogens is 3. The van der Waals surface area contributed by atoms with Crippen molar-refractivity contribution >= 4 is 17.7 Å². The smallest absolute Gasteiger partial charge is 0.405 e. The Morgan fingerprint density at radius 1 is 1.24 bits per heavy atom. The average molecular weight is 304 g/mol. The summed E-state index contributed by atoms with van der Waals surface area (Å²) in [4.78, 5) is 21.8. The molecule has 0 aliphatic rings. The van der Waals surface area contributed by atoms with Crippen LogP contribution in [0.2, 0.25) is 0 Å². The van der Waals surface area contributed by atoms with Gasteiger partial charge in [0.2, 0.25) is 0 Å². The fourth-order valence-corrected chi connectivity index (χ4v) is 1.63. The highest BCUT2D eigenvalue weighted by molar-refractivity contribution is 5.89. The Bertz CT molecular complexity index is 500. The van der Waals surface area contributed by atoms with Gasteiger partial charge in [-0.15, -0.1) is 0 Å². The van der Waals surface area contributed by atoms with Crippen molar-refractivity contribution in [1.82, 2.24) is 5.32 Å². The number of carbonyl (C=O) groups is 2. The van der Waals surface area contributed by atoms with E-state index in [-0.39, 0.29) is 12.3 Å². The SMILES string of the molecule is CC(CC(=O)O)c1ccc(NC(=O)NCC(F)(F)F)cc1. The van der Waals surface area contributed by atoms with Crippen molar-refractivity contribution in [3.8, 4) is 0 Å². The molecule has 1 unspecified atom stereocenters. The number of anilines is 1. The van der Waals surface area contributed by atoms with Crippen LogP contribution in [-0.2, 0) is 4.79 Å². The lowest BCUT2D eigenvalue weighted by atomic mass is 9.98. The standard InChI is InChI=1S/C13H15F3N2O3/c1-8(6-11(19)20)9-2-4-10(5-3-9)18-12(21)17-7-13(14,15)16/h2-5,8H,6-7H2,1H3,(H,19,20)(H2,17,18,21). The molecule has 5 nitrogen and oxygen atoms in total. The zero-order valence-corrected chi connectivity index (χ0v) is 11.2. The number of nitrogens with one attached hydrogen (secondary N) is 2. The van der Waals surface area contributed by atoms with Crippen molar-refractivity contribution in [3.63, 3.8) is 0 Å². The summed E-state index contributed by atoms with van der Waals surface area (Å²) in [5, 5.41) is 12.6. The summed E-state index contributed by atoms with van der Waals surface area (Å²) >= 11 is 0. The molecule has 1 aromatic carbocycles. The van der Waals surface area contributed by atoms with E-state index >= 15 is 0 Å². The number of benzene rings is 1. The molecule has 1 atom stereocenters. The van der Waals surface area contributed by atoms with Crippen LogP contribution in [0.15, 0.2) is 24.3 Å². The van der Waals surface area contributed by atoms with Gasteiger partial charge in [-0.3, -0.25) is 4.79 Å². The molecule has 0 bridgehead atoms. The maximum Gasteiger partial charge on any atom is 0.405 e. The van der Waals surface area contributed by atoms with Gasteiger partial charge in [-0.1, -0.05) is 19.1 Å². The fourth-order valence-electron chi connectivity index (χ4n) is 1.63. The Morgan fingerprint density at radius 2 is 1.81 bits per heavy atom. The van der Waals surface area contributed by atoms with Crippen molar-refractivity contribution in [2.45, 2.75) is 25.4 Å². The minimum Gasteiger partial charge on any atom is -0.481 e. The number of alkyl halides is 3. The minimum absolute atomic E-state index is 0.0289. The first-order valence-corrected chi connectivity index (χ1v) is 6.11. The molecule has 0 saturated carbocycles. The normalized spacial score (nSPS) is 12.6. The summed E-state index contributed by atoms with van der Waals surface area (Å²) in [7, 11) is 0. The van der Waals surface area contributed by atoms with Crippen LogP contribution in [-0.4, -0.2) is 29.8 Å². The first-order valence-electron chi connectivity index (χ1n) is 6.11. The van der Waals surface area contributed by atoms with Gasteiger partial charge in [0.1, 0.15) is 6.54 Å². The Kier molecular flexibility index (Phi) is 5.57. The Labute approximate surface area is 119 Å². The summed E-state index contributed by atoms with van der Waals surface area (Å²) in [5.74, 6) is -1.12. The average Bonchev–Trinajstić information content (AvgIpc) is 2.35. The number of aliphatic carboxylic acids is 1. The van der Waals surface area contributed by atoms with Crippen molar-refractivity contribution in [2.24, 2.45) is 0 Å². The van der Waals surface area contributed by atoms with E-state index in [1.165, 1.54) is 12.1 Å². The van der Waals surface area contributed by atoms with Gasteiger partial charge in [-0.05, 0) is 23.6 Å². The predicted octanol–water partition coefficient (Wildman–Crippen LogP) is 2.95. The third-order valence-corrected chi connectivity index (χ3v) is 2.67. The molecular formula is C13H15F3N2O3. The Balaban J connectivity index is 2.54. The van der Waals surface area contributed by atoms with Gasteiger partial charge in [0.25, 0.3) is 0 Å². The van der Waals surface area contributed by atoms with Crippen molar-refractivity contribution in [1.29, 1.82) is 0 Å². The second-order valence-corrected chi connectivity index (χ2v) is 4.54. The molecule has 0 aliphatic carbocycles. The van der Waals surface area contributed by atoms with Crippen LogP contribution in [0.25, 0.3) is 0 Å². The molecular weight excluding hydrogens is 289 g/mol. The van der Waals surface area contributed by atoms with Crippen LogP contribution in [0.3, 0.4) is 0 Å². The van der Waals surface area contributed by atoms with Crippen LogP contribution < -0.4 is 10.6 Å². The Hall–Kier alpha value is -2.25. The Morgan fingerprint density at radius 3 is 2.29 bits per heavy atom. The second-order valence-electron chi connectivity index (χ2n) is 4.54. The molecule has 116 valence electrons. The molecule has 0 fully saturated rings. The number of hydrogen-bond donors (Lipinski definition) is 3. The van der Waals surface area contributed by atoms with Crippen LogP contribution in [0, 0.1) is 0 Å². The molecule has 1 rings (SSSR count). The van der Waals surface area contributed by atoms with Crippen molar-refractivity contribution in [3.05, 3.63) is 29.8 Å². The van der Waals surface area contributed by atoms with Gasteiger partial charge in [0, 0.05) is 5.69 Å². The van der Waals surface area contributed by atoms with E-state index in [0.717, 1.165) is 5.56 Å². The highest BCUT2D eigenvalue weighted by atomic mass is 19.4. The summed E-state index contributed by atoms with van der Waals surface area (Å²) in [5.41, 5.74) is 1.08. The quantitative estimate of drug-likeness (QED) is 0.782. The summed E-state index contributed by atoms with van der Waals surface area (Å²) in [6.07, 6.45) is -4.49. The molecule has 0 spiro atoms. The fraction of sp³-hybridized carbons (Fsp3) is 0.385. The lowest BCUT2D eigenvalue weighted by Gasteiger charge is -2.12. The van der Waals surface area contributed by atoms with Crippen LogP contribution in [0.5, 0.6) is 0 Å².